The van der Waals surface area contributed by atoms with Crippen LogP contribution in [0.2, 0.25) is 0 Å². The fourth-order valence-electron chi connectivity index (χ4n) is 5.06. The number of amides is 2. The van der Waals surface area contributed by atoms with E-state index in [-0.39, 0.29) is 41.6 Å². The molecule has 0 unspecified atom stereocenters. The van der Waals surface area contributed by atoms with Crippen LogP contribution in [-0.2, 0) is 14.8 Å². The van der Waals surface area contributed by atoms with Gasteiger partial charge in [0.25, 0.3) is 5.91 Å². The SMILES string of the molecule is Cc1noc(C)c1S(=O)(=O)N1CCCN(C(=O)c2ccc3c(c2)NC(=O)[C@H]2CCCN32)CC1. The van der Waals surface area contributed by atoms with Gasteiger partial charge in [0.2, 0.25) is 15.9 Å². The van der Waals surface area contributed by atoms with Crippen molar-refractivity contribution >= 4 is 33.2 Å². The predicted octanol–water partition coefficient (Wildman–Crippen LogP) is 1.75. The Labute approximate surface area is 192 Å². The van der Waals surface area contributed by atoms with Gasteiger partial charge in [-0.3, -0.25) is 9.59 Å². The van der Waals surface area contributed by atoms with Crippen LogP contribution in [-0.4, -0.2) is 73.4 Å². The fraction of sp³-hybridized carbons (Fsp3) is 0.500. The number of hydrogen-bond acceptors (Lipinski definition) is 7. The van der Waals surface area contributed by atoms with Crippen molar-refractivity contribution in [3.05, 3.63) is 35.2 Å². The Morgan fingerprint density at radius 3 is 2.70 bits per heavy atom. The molecule has 2 amide bonds. The van der Waals surface area contributed by atoms with E-state index in [9.17, 15) is 18.0 Å². The van der Waals surface area contributed by atoms with E-state index in [2.05, 4.69) is 15.4 Å². The van der Waals surface area contributed by atoms with Crippen LogP contribution < -0.4 is 10.2 Å². The van der Waals surface area contributed by atoms with Crippen molar-refractivity contribution in [2.75, 3.05) is 42.9 Å². The third kappa shape index (κ3) is 3.68. The molecule has 3 aliphatic heterocycles. The van der Waals surface area contributed by atoms with E-state index in [0.29, 0.717) is 36.5 Å². The number of nitrogens with zero attached hydrogens (tertiary/aromatic N) is 4. The molecule has 4 heterocycles. The van der Waals surface area contributed by atoms with Crippen molar-refractivity contribution in [2.45, 2.75) is 44.0 Å². The zero-order valence-electron chi connectivity index (χ0n) is 18.7. The number of anilines is 2. The Morgan fingerprint density at radius 1 is 1.12 bits per heavy atom. The summed E-state index contributed by atoms with van der Waals surface area (Å²) in [6, 6.07) is 5.28. The molecule has 2 saturated heterocycles. The number of fused-ring (bicyclic) bond motifs is 3. The first-order chi connectivity index (χ1) is 15.8. The summed E-state index contributed by atoms with van der Waals surface area (Å²) in [5.74, 6) is 0.0627. The van der Waals surface area contributed by atoms with Gasteiger partial charge in [0.15, 0.2) is 5.76 Å². The van der Waals surface area contributed by atoms with Crippen molar-refractivity contribution in [3.63, 3.8) is 0 Å². The minimum absolute atomic E-state index is 0.0282. The number of nitrogens with one attached hydrogen (secondary N) is 1. The normalized spacial score (nSPS) is 21.4. The molecule has 1 aromatic carbocycles. The van der Waals surface area contributed by atoms with Gasteiger partial charge in [0, 0.05) is 38.3 Å². The molecule has 0 aliphatic carbocycles. The topological polar surface area (TPSA) is 116 Å². The second kappa shape index (κ2) is 8.14. The molecular formula is C22H27N5O5S. The summed E-state index contributed by atoms with van der Waals surface area (Å²) in [6.45, 7) is 5.25. The van der Waals surface area contributed by atoms with E-state index in [1.165, 1.54) is 4.31 Å². The van der Waals surface area contributed by atoms with Crippen LogP contribution in [0.3, 0.4) is 0 Å². The van der Waals surface area contributed by atoms with Crippen LogP contribution in [0.25, 0.3) is 0 Å². The first-order valence-electron chi connectivity index (χ1n) is 11.2. The number of carbonyl (C=O) groups is 2. The predicted molar refractivity (Wildman–Crippen MR) is 121 cm³/mol. The summed E-state index contributed by atoms with van der Waals surface area (Å²) in [7, 11) is -3.76. The summed E-state index contributed by atoms with van der Waals surface area (Å²) in [5.41, 5.74) is 2.41. The van der Waals surface area contributed by atoms with Gasteiger partial charge in [-0.2, -0.15) is 4.31 Å². The minimum Gasteiger partial charge on any atom is -0.360 e. The average Bonchev–Trinajstić information content (AvgIpc) is 3.32. The van der Waals surface area contributed by atoms with Crippen LogP contribution in [0.1, 0.15) is 41.1 Å². The van der Waals surface area contributed by atoms with E-state index in [1.54, 1.807) is 30.9 Å². The van der Waals surface area contributed by atoms with Gasteiger partial charge in [-0.15, -0.1) is 0 Å². The molecule has 176 valence electrons. The highest BCUT2D eigenvalue weighted by Gasteiger charge is 2.37. The molecule has 1 atom stereocenters. The number of benzene rings is 1. The molecule has 0 spiro atoms. The first kappa shape index (κ1) is 21.9. The third-order valence-electron chi connectivity index (χ3n) is 6.67. The molecule has 1 aromatic heterocycles. The highest BCUT2D eigenvalue weighted by molar-refractivity contribution is 7.89. The van der Waals surface area contributed by atoms with E-state index in [1.807, 2.05) is 6.07 Å². The van der Waals surface area contributed by atoms with Crippen LogP contribution >= 0.6 is 0 Å². The molecule has 2 aromatic rings. The number of aryl methyl sites for hydroxylation is 2. The quantitative estimate of drug-likeness (QED) is 0.722. The second-order valence-electron chi connectivity index (χ2n) is 8.78. The fourth-order valence-corrected chi connectivity index (χ4v) is 6.82. The standard InChI is InChI=1S/C22H27N5O5S/c1-14-20(15(2)32-24-14)33(30,31)26-9-4-8-25(11-12-26)22(29)16-6-7-18-17(13-16)23-21(28)19-5-3-10-27(18)19/h6-7,13,19H,3-5,8-12H2,1-2H3,(H,23,28)/t19-/m1/s1. The van der Waals surface area contributed by atoms with Crippen LogP contribution in [0.15, 0.2) is 27.6 Å². The maximum Gasteiger partial charge on any atom is 0.253 e. The Bertz CT molecular complexity index is 1200. The Morgan fingerprint density at radius 2 is 1.94 bits per heavy atom. The molecule has 11 heteroatoms. The number of sulfonamides is 1. The summed E-state index contributed by atoms with van der Waals surface area (Å²) < 4.78 is 32.7. The summed E-state index contributed by atoms with van der Waals surface area (Å²) in [4.78, 5) is 29.5. The highest BCUT2D eigenvalue weighted by atomic mass is 32.2. The second-order valence-corrected chi connectivity index (χ2v) is 10.7. The number of carbonyl (C=O) groups excluding carboxylic acids is 2. The maximum atomic E-state index is 13.2. The molecule has 0 radical (unpaired) electrons. The van der Waals surface area contributed by atoms with Crippen molar-refractivity contribution < 1.29 is 22.5 Å². The number of hydrogen-bond donors (Lipinski definition) is 1. The lowest BCUT2D eigenvalue weighted by atomic mass is 10.1. The number of aromatic nitrogens is 1. The smallest absolute Gasteiger partial charge is 0.253 e. The van der Waals surface area contributed by atoms with E-state index < -0.39 is 10.0 Å². The summed E-state index contributed by atoms with van der Waals surface area (Å²) in [5, 5.41) is 6.71. The van der Waals surface area contributed by atoms with Crippen molar-refractivity contribution in [1.29, 1.82) is 0 Å². The van der Waals surface area contributed by atoms with Gasteiger partial charge >= 0.3 is 0 Å². The van der Waals surface area contributed by atoms with Crippen LogP contribution in [0.4, 0.5) is 11.4 Å². The maximum absolute atomic E-state index is 13.2. The molecule has 3 aliphatic rings. The van der Waals surface area contributed by atoms with Crippen LogP contribution in [0, 0.1) is 13.8 Å². The zero-order valence-corrected chi connectivity index (χ0v) is 19.5. The van der Waals surface area contributed by atoms with Gasteiger partial charge in [0.1, 0.15) is 16.6 Å². The molecule has 0 bridgehead atoms. The van der Waals surface area contributed by atoms with Crippen molar-refractivity contribution in [1.82, 2.24) is 14.4 Å². The van der Waals surface area contributed by atoms with Gasteiger partial charge < -0.3 is 19.6 Å². The molecule has 2 fully saturated rings. The zero-order chi connectivity index (χ0) is 23.3. The van der Waals surface area contributed by atoms with E-state index in [0.717, 1.165) is 25.1 Å². The molecule has 1 N–H and O–H groups in total. The van der Waals surface area contributed by atoms with Gasteiger partial charge in [-0.25, -0.2) is 8.42 Å². The van der Waals surface area contributed by atoms with Gasteiger partial charge in [0.05, 0.1) is 11.4 Å². The molecular weight excluding hydrogens is 446 g/mol. The highest BCUT2D eigenvalue weighted by Crippen LogP contribution is 2.37. The Kier molecular flexibility index (Phi) is 5.40. The van der Waals surface area contributed by atoms with Crippen molar-refractivity contribution in [2.24, 2.45) is 0 Å². The molecule has 5 rings (SSSR count). The van der Waals surface area contributed by atoms with Gasteiger partial charge in [-0.1, -0.05) is 5.16 Å². The lowest BCUT2D eigenvalue weighted by Gasteiger charge is -2.33. The lowest BCUT2D eigenvalue weighted by Crippen LogP contribution is -2.44. The first-order valence-corrected chi connectivity index (χ1v) is 12.7. The van der Waals surface area contributed by atoms with Crippen molar-refractivity contribution in [3.8, 4) is 0 Å². The minimum atomic E-state index is -3.76. The average molecular weight is 474 g/mol. The Hall–Kier alpha value is -2.92. The Balaban J connectivity index is 1.33. The van der Waals surface area contributed by atoms with E-state index in [4.69, 9.17) is 4.52 Å². The number of rotatable bonds is 3. The third-order valence-corrected chi connectivity index (χ3v) is 8.82. The monoisotopic (exact) mass is 473 g/mol. The van der Waals surface area contributed by atoms with E-state index >= 15 is 0 Å². The molecule has 0 saturated carbocycles. The summed E-state index contributed by atoms with van der Waals surface area (Å²) >= 11 is 0. The van der Waals surface area contributed by atoms with Gasteiger partial charge in [-0.05, 0) is 51.3 Å². The summed E-state index contributed by atoms with van der Waals surface area (Å²) in [6.07, 6.45) is 2.33. The largest absolute Gasteiger partial charge is 0.360 e. The molecule has 33 heavy (non-hydrogen) atoms. The van der Waals surface area contributed by atoms with Crippen LogP contribution in [0.5, 0.6) is 0 Å². The molecule has 10 nitrogen and oxygen atoms in total. The lowest BCUT2D eigenvalue weighted by molar-refractivity contribution is -0.117.